The lowest BCUT2D eigenvalue weighted by molar-refractivity contribution is 0.117. The SMILES string of the molecule is CCNC(=NCC1CCCO1)NCCSc1ccc(F)cc1.I. The standard InChI is InChI=1S/C16H24FN3OS.HI/c1-2-18-16(20-12-14-4-3-10-21-14)19-9-11-22-15-7-5-13(17)6-8-15;/h5-8,14H,2-4,9-12H2,1H3,(H2,18,19,20);1H. The van der Waals surface area contributed by atoms with E-state index in [9.17, 15) is 4.39 Å². The molecule has 1 aliphatic rings. The van der Waals surface area contributed by atoms with Crippen LogP contribution in [0.1, 0.15) is 19.8 Å². The molecule has 0 aromatic heterocycles. The molecule has 0 bridgehead atoms. The zero-order valence-corrected chi connectivity index (χ0v) is 16.5. The van der Waals surface area contributed by atoms with Crippen molar-refractivity contribution in [2.45, 2.75) is 30.8 Å². The molecule has 0 aliphatic carbocycles. The van der Waals surface area contributed by atoms with Gasteiger partial charge in [-0.1, -0.05) is 0 Å². The summed E-state index contributed by atoms with van der Waals surface area (Å²) in [5.74, 6) is 1.53. The van der Waals surface area contributed by atoms with Gasteiger partial charge in [-0.2, -0.15) is 0 Å². The Morgan fingerprint density at radius 3 is 2.78 bits per heavy atom. The van der Waals surface area contributed by atoms with Crippen LogP contribution in [0.4, 0.5) is 4.39 Å². The Bertz CT molecular complexity index is 467. The van der Waals surface area contributed by atoms with Crippen molar-refractivity contribution < 1.29 is 9.13 Å². The summed E-state index contributed by atoms with van der Waals surface area (Å²) in [4.78, 5) is 5.64. The van der Waals surface area contributed by atoms with E-state index in [4.69, 9.17) is 4.74 Å². The number of aliphatic imine (C=N–C) groups is 1. The molecule has 2 rings (SSSR count). The summed E-state index contributed by atoms with van der Waals surface area (Å²) < 4.78 is 18.4. The lowest BCUT2D eigenvalue weighted by Gasteiger charge is -2.12. The Labute approximate surface area is 159 Å². The molecule has 1 heterocycles. The van der Waals surface area contributed by atoms with Crippen LogP contribution in [0.5, 0.6) is 0 Å². The Morgan fingerprint density at radius 2 is 2.13 bits per heavy atom. The number of rotatable bonds is 7. The minimum Gasteiger partial charge on any atom is -0.376 e. The summed E-state index contributed by atoms with van der Waals surface area (Å²) >= 11 is 1.70. The van der Waals surface area contributed by atoms with Gasteiger partial charge in [0.25, 0.3) is 0 Å². The predicted molar refractivity (Wildman–Crippen MR) is 105 cm³/mol. The first-order chi connectivity index (χ1) is 10.8. The molecule has 1 aromatic rings. The van der Waals surface area contributed by atoms with Crippen LogP contribution >= 0.6 is 35.7 Å². The second-order valence-corrected chi connectivity index (χ2v) is 6.25. The highest BCUT2D eigenvalue weighted by molar-refractivity contribution is 14.0. The third-order valence-electron chi connectivity index (χ3n) is 3.30. The number of benzene rings is 1. The zero-order valence-electron chi connectivity index (χ0n) is 13.4. The van der Waals surface area contributed by atoms with Gasteiger partial charge in [-0.3, -0.25) is 4.99 Å². The number of nitrogens with zero attached hydrogens (tertiary/aromatic N) is 1. The fraction of sp³-hybridized carbons (Fsp3) is 0.562. The fourth-order valence-corrected chi connectivity index (χ4v) is 2.96. The first-order valence-electron chi connectivity index (χ1n) is 7.80. The van der Waals surface area contributed by atoms with E-state index in [1.54, 1.807) is 23.9 Å². The van der Waals surface area contributed by atoms with Crippen LogP contribution in [0.2, 0.25) is 0 Å². The largest absolute Gasteiger partial charge is 0.376 e. The number of ether oxygens (including phenoxy) is 1. The van der Waals surface area contributed by atoms with E-state index in [-0.39, 0.29) is 35.9 Å². The molecule has 1 saturated heterocycles. The minimum atomic E-state index is -0.196. The van der Waals surface area contributed by atoms with Crippen LogP contribution in [0.3, 0.4) is 0 Å². The van der Waals surface area contributed by atoms with Gasteiger partial charge in [-0.05, 0) is 44.0 Å². The van der Waals surface area contributed by atoms with Gasteiger partial charge in [0.2, 0.25) is 0 Å². The molecule has 0 amide bonds. The maximum absolute atomic E-state index is 12.8. The van der Waals surface area contributed by atoms with Gasteiger partial charge in [0.1, 0.15) is 5.82 Å². The lowest BCUT2D eigenvalue weighted by atomic mass is 10.2. The van der Waals surface area contributed by atoms with Crippen molar-refractivity contribution in [1.29, 1.82) is 0 Å². The molecule has 0 saturated carbocycles. The average Bonchev–Trinajstić information content (AvgIpc) is 3.04. The minimum absolute atomic E-state index is 0. The van der Waals surface area contributed by atoms with Gasteiger partial charge in [-0.25, -0.2) is 4.39 Å². The van der Waals surface area contributed by atoms with Crippen LogP contribution in [-0.4, -0.2) is 44.1 Å². The molecule has 1 atom stereocenters. The molecule has 0 radical (unpaired) electrons. The molecule has 7 heteroatoms. The highest BCUT2D eigenvalue weighted by Crippen LogP contribution is 2.17. The molecule has 4 nitrogen and oxygen atoms in total. The molecule has 130 valence electrons. The number of hydrogen-bond acceptors (Lipinski definition) is 3. The average molecular weight is 453 g/mol. The summed E-state index contributed by atoms with van der Waals surface area (Å²) in [6.45, 7) is 5.26. The smallest absolute Gasteiger partial charge is 0.191 e. The molecular weight excluding hydrogens is 428 g/mol. The van der Waals surface area contributed by atoms with Crippen molar-refractivity contribution in [3.8, 4) is 0 Å². The van der Waals surface area contributed by atoms with E-state index in [2.05, 4.69) is 22.5 Å². The van der Waals surface area contributed by atoms with Gasteiger partial charge >= 0.3 is 0 Å². The van der Waals surface area contributed by atoms with Crippen molar-refractivity contribution in [2.75, 3.05) is 32.0 Å². The molecule has 1 aliphatic heterocycles. The van der Waals surface area contributed by atoms with E-state index in [1.807, 2.05) is 0 Å². The van der Waals surface area contributed by atoms with E-state index in [0.717, 1.165) is 49.1 Å². The van der Waals surface area contributed by atoms with Gasteiger partial charge < -0.3 is 15.4 Å². The van der Waals surface area contributed by atoms with E-state index in [1.165, 1.54) is 12.1 Å². The molecule has 1 fully saturated rings. The Balaban J connectivity index is 0.00000264. The van der Waals surface area contributed by atoms with E-state index >= 15 is 0 Å². The van der Waals surface area contributed by atoms with Crippen molar-refractivity contribution in [3.63, 3.8) is 0 Å². The third-order valence-corrected chi connectivity index (χ3v) is 4.31. The molecule has 2 N–H and O–H groups in total. The van der Waals surface area contributed by atoms with Crippen LogP contribution in [0, 0.1) is 5.82 Å². The van der Waals surface area contributed by atoms with Gasteiger partial charge in [0.15, 0.2) is 5.96 Å². The van der Waals surface area contributed by atoms with E-state index in [0.29, 0.717) is 6.54 Å². The van der Waals surface area contributed by atoms with Crippen molar-refractivity contribution >= 4 is 41.7 Å². The third kappa shape index (κ3) is 8.21. The Kier molecular flexibility index (Phi) is 10.6. The maximum atomic E-state index is 12.8. The molecule has 0 spiro atoms. The molecular formula is C16H25FIN3OS. The van der Waals surface area contributed by atoms with Crippen molar-refractivity contribution in [1.82, 2.24) is 10.6 Å². The monoisotopic (exact) mass is 453 g/mol. The number of nitrogens with one attached hydrogen (secondary N) is 2. The lowest BCUT2D eigenvalue weighted by Crippen LogP contribution is -2.39. The number of guanidine groups is 1. The summed E-state index contributed by atoms with van der Waals surface area (Å²) in [6.07, 6.45) is 2.51. The van der Waals surface area contributed by atoms with Crippen LogP contribution in [-0.2, 0) is 4.74 Å². The second kappa shape index (κ2) is 11.9. The summed E-state index contributed by atoms with van der Waals surface area (Å²) in [6, 6.07) is 6.58. The first-order valence-corrected chi connectivity index (χ1v) is 8.78. The van der Waals surface area contributed by atoms with Gasteiger partial charge in [-0.15, -0.1) is 35.7 Å². The number of halogens is 2. The van der Waals surface area contributed by atoms with Crippen molar-refractivity contribution in [2.24, 2.45) is 4.99 Å². The van der Waals surface area contributed by atoms with Gasteiger partial charge in [0.05, 0.1) is 12.6 Å². The highest BCUT2D eigenvalue weighted by Gasteiger charge is 2.14. The zero-order chi connectivity index (χ0) is 15.6. The molecule has 1 aromatic carbocycles. The second-order valence-electron chi connectivity index (χ2n) is 5.08. The van der Waals surface area contributed by atoms with Crippen LogP contribution in [0.15, 0.2) is 34.2 Å². The number of hydrogen-bond donors (Lipinski definition) is 2. The summed E-state index contributed by atoms with van der Waals surface area (Å²) in [5, 5.41) is 6.55. The normalized spacial score (nSPS) is 17.7. The molecule has 1 unspecified atom stereocenters. The fourth-order valence-electron chi connectivity index (χ4n) is 2.19. The quantitative estimate of drug-likeness (QED) is 0.219. The van der Waals surface area contributed by atoms with E-state index < -0.39 is 0 Å². The topological polar surface area (TPSA) is 45.7 Å². The first kappa shape index (κ1) is 20.5. The van der Waals surface area contributed by atoms with Gasteiger partial charge in [0, 0.05) is 30.3 Å². The van der Waals surface area contributed by atoms with Crippen LogP contribution < -0.4 is 10.6 Å². The number of thioether (sulfide) groups is 1. The summed E-state index contributed by atoms with van der Waals surface area (Å²) in [5.41, 5.74) is 0. The highest BCUT2D eigenvalue weighted by atomic mass is 127. The Morgan fingerprint density at radius 1 is 1.35 bits per heavy atom. The predicted octanol–water partition coefficient (Wildman–Crippen LogP) is 3.27. The molecule has 23 heavy (non-hydrogen) atoms. The van der Waals surface area contributed by atoms with Crippen LogP contribution in [0.25, 0.3) is 0 Å². The van der Waals surface area contributed by atoms with Crippen molar-refractivity contribution in [3.05, 3.63) is 30.1 Å². The Hall–Kier alpha value is -0.540. The maximum Gasteiger partial charge on any atom is 0.191 e. The summed E-state index contributed by atoms with van der Waals surface area (Å²) in [7, 11) is 0.